The van der Waals surface area contributed by atoms with Crippen molar-refractivity contribution >= 4 is 17.7 Å². The van der Waals surface area contributed by atoms with Crippen molar-refractivity contribution in [2.75, 3.05) is 44.2 Å². The lowest BCUT2D eigenvalue weighted by Crippen LogP contribution is -2.46. The quantitative estimate of drug-likeness (QED) is 0.829. The van der Waals surface area contributed by atoms with Crippen LogP contribution in [0.4, 0.5) is 10.5 Å². The Labute approximate surface area is 155 Å². The SMILES string of the molecule is Cc1ccccc1N1CCCN(C(=O)CN2C(=O)OC[C@@H]2C(C)C)CC1. The topological polar surface area (TPSA) is 53.1 Å². The lowest BCUT2D eigenvalue weighted by atomic mass is 10.0. The van der Waals surface area contributed by atoms with E-state index in [9.17, 15) is 9.59 Å². The molecule has 0 aliphatic carbocycles. The van der Waals surface area contributed by atoms with Gasteiger partial charge in [-0.05, 0) is 30.9 Å². The molecule has 0 N–H and O–H groups in total. The third kappa shape index (κ3) is 3.94. The van der Waals surface area contributed by atoms with Gasteiger partial charge in [0.1, 0.15) is 13.2 Å². The third-order valence-corrected chi connectivity index (χ3v) is 5.39. The van der Waals surface area contributed by atoms with Gasteiger partial charge in [0, 0.05) is 31.9 Å². The zero-order valence-corrected chi connectivity index (χ0v) is 16.0. The summed E-state index contributed by atoms with van der Waals surface area (Å²) in [7, 11) is 0. The van der Waals surface area contributed by atoms with Crippen LogP contribution >= 0.6 is 0 Å². The van der Waals surface area contributed by atoms with E-state index in [0.29, 0.717) is 13.2 Å². The number of ether oxygens (including phenoxy) is 1. The van der Waals surface area contributed by atoms with Crippen LogP contribution in [-0.2, 0) is 9.53 Å². The molecule has 0 saturated carbocycles. The van der Waals surface area contributed by atoms with Crippen molar-refractivity contribution in [2.24, 2.45) is 5.92 Å². The van der Waals surface area contributed by atoms with E-state index in [4.69, 9.17) is 4.74 Å². The Morgan fingerprint density at radius 2 is 1.96 bits per heavy atom. The number of para-hydroxylation sites is 1. The number of cyclic esters (lactones) is 1. The maximum absolute atomic E-state index is 12.8. The summed E-state index contributed by atoms with van der Waals surface area (Å²) in [6.07, 6.45) is 0.561. The van der Waals surface area contributed by atoms with E-state index in [0.717, 1.165) is 26.1 Å². The van der Waals surface area contributed by atoms with Gasteiger partial charge in [0.25, 0.3) is 0 Å². The summed E-state index contributed by atoms with van der Waals surface area (Å²) in [4.78, 5) is 30.6. The molecule has 0 aromatic heterocycles. The van der Waals surface area contributed by atoms with Gasteiger partial charge in [-0.25, -0.2) is 4.79 Å². The molecule has 0 spiro atoms. The van der Waals surface area contributed by atoms with Crippen molar-refractivity contribution < 1.29 is 14.3 Å². The summed E-state index contributed by atoms with van der Waals surface area (Å²) in [6, 6.07) is 8.35. The predicted octanol–water partition coefficient (Wildman–Crippen LogP) is 2.51. The lowest BCUT2D eigenvalue weighted by Gasteiger charge is -2.28. The molecule has 0 bridgehead atoms. The molecular formula is C20H29N3O3. The molecule has 0 radical (unpaired) electrons. The summed E-state index contributed by atoms with van der Waals surface area (Å²) in [5, 5.41) is 0. The first-order chi connectivity index (χ1) is 12.5. The van der Waals surface area contributed by atoms with E-state index in [2.05, 4.69) is 43.9 Å². The number of nitrogens with zero attached hydrogens (tertiary/aromatic N) is 3. The summed E-state index contributed by atoms with van der Waals surface area (Å²) in [6.45, 7) is 9.89. The van der Waals surface area contributed by atoms with Crippen molar-refractivity contribution in [3.63, 3.8) is 0 Å². The largest absolute Gasteiger partial charge is 0.447 e. The summed E-state index contributed by atoms with van der Waals surface area (Å²) < 4.78 is 5.15. The van der Waals surface area contributed by atoms with E-state index >= 15 is 0 Å². The Bertz CT molecular complexity index is 661. The molecule has 2 heterocycles. The Kier molecular flexibility index (Phi) is 5.69. The first-order valence-corrected chi connectivity index (χ1v) is 9.49. The number of benzene rings is 1. The molecule has 2 fully saturated rings. The standard InChI is InChI=1S/C20H29N3O3/c1-15(2)18-14-26-20(25)23(18)13-19(24)22-10-6-9-21(11-12-22)17-8-5-4-7-16(17)3/h4-5,7-8,15,18H,6,9-14H2,1-3H3/t18-/m1/s1. The monoisotopic (exact) mass is 359 g/mol. The number of anilines is 1. The minimum Gasteiger partial charge on any atom is -0.447 e. The molecule has 0 unspecified atom stereocenters. The molecule has 1 atom stereocenters. The molecule has 6 nitrogen and oxygen atoms in total. The molecule has 2 saturated heterocycles. The Morgan fingerprint density at radius 3 is 2.69 bits per heavy atom. The van der Waals surface area contributed by atoms with Crippen LogP contribution in [0.5, 0.6) is 0 Å². The normalized spacial score (nSPS) is 21.2. The van der Waals surface area contributed by atoms with Crippen molar-refractivity contribution in [2.45, 2.75) is 33.2 Å². The molecule has 2 aliphatic rings. The second kappa shape index (κ2) is 7.98. The average Bonchev–Trinajstić information content (AvgIpc) is 2.83. The first kappa shape index (κ1) is 18.5. The zero-order valence-electron chi connectivity index (χ0n) is 16.0. The van der Waals surface area contributed by atoms with Gasteiger partial charge < -0.3 is 14.5 Å². The van der Waals surface area contributed by atoms with Gasteiger partial charge in [0.05, 0.1) is 6.04 Å². The summed E-state index contributed by atoms with van der Waals surface area (Å²) >= 11 is 0. The van der Waals surface area contributed by atoms with Crippen molar-refractivity contribution in [3.8, 4) is 0 Å². The van der Waals surface area contributed by atoms with Gasteiger partial charge >= 0.3 is 6.09 Å². The second-order valence-corrected chi connectivity index (χ2v) is 7.52. The summed E-state index contributed by atoms with van der Waals surface area (Å²) in [5.74, 6) is 0.288. The predicted molar refractivity (Wildman–Crippen MR) is 101 cm³/mol. The number of hydrogen-bond donors (Lipinski definition) is 0. The molecule has 1 aromatic rings. The molecule has 26 heavy (non-hydrogen) atoms. The van der Waals surface area contributed by atoms with Gasteiger partial charge in [-0.1, -0.05) is 32.0 Å². The van der Waals surface area contributed by atoms with Gasteiger partial charge in [-0.3, -0.25) is 9.69 Å². The average molecular weight is 359 g/mol. The summed E-state index contributed by atoms with van der Waals surface area (Å²) in [5.41, 5.74) is 2.50. The highest BCUT2D eigenvalue weighted by Crippen LogP contribution is 2.22. The fraction of sp³-hybridized carbons (Fsp3) is 0.600. The molecular weight excluding hydrogens is 330 g/mol. The molecule has 2 aliphatic heterocycles. The third-order valence-electron chi connectivity index (χ3n) is 5.39. The molecule has 1 aromatic carbocycles. The molecule has 6 heteroatoms. The van der Waals surface area contributed by atoms with Crippen LogP contribution in [0.1, 0.15) is 25.8 Å². The van der Waals surface area contributed by atoms with Gasteiger partial charge in [0.15, 0.2) is 0 Å². The zero-order chi connectivity index (χ0) is 18.7. The van der Waals surface area contributed by atoms with Crippen LogP contribution in [0, 0.1) is 12.8 Å². The highest BCUT2D eigenvalue weighted by Gasteiger charge is 2.37. The van der Waals surface area contributed by atoms with E-state index < -0.39 is 0 Å². The molecule has 142 valence electrons. The first-order valence-electron chi connectivity index (χ1n) is 9.49. The fourth-order valence-corrected chi connectivity index (χ4v) is 3.77. The van der Waals surface area contributed by atoms with Crippen molar-refractivity contribution in [1.82, 2.24) is 9.80 Å². The van der Waals surface area contributed by atoms with Gasteiger partial charge in [-0.2, -0.15) is 0 Å². The number of carbonyl (C=O) groups is 2. The molecule has 2 amide bonds. The van der Waals surface area contributed by atoms with E-state index in [-0.39, 0.29) is 30.5 Å². The number of amides is 2. The van der Waals surface area contributed by atoms with Crippen LogP contribution in [0.15, 0.2) is 24.3 Å². The maximum atomic E-state index is 12.8. The minimum absolute atomic E-state index is 0.0121. The van der Waals surface area contributed by atoms with Crippen LogP contribution in [0.2, 0.25) is 0 Å². The van der Waals surface area contributed by atoms with Crippen LogP contribution < -0.4 is 4.90 Å². The van der Waals surface area contributed by atoms with Crippen LogP contribution in [-0.4, -0.2) is 67.2 Å². The second-order valence-electron chi connectivity index (χ2n) is 7.52. The molecule has 3 rings (SSSR count). The Balaban J connectivity index is 1.61. The number of aryl methyl sites for hydroxylation is 1. The number of carbonyl (C=O) groups excluding carboxylic acids is 2. The Hall–Kier alpha value is -2.24. The van der Waals surface area contributed by atoms with E-state index in [1.165, 1.54) is 11.3 Å². The lowest BCUT2D eigenvalue weighted by molar-refractivity contribution is -0.131. The number of rotatable bonds is 4. The Morgan fingerprint density at radius 1 is 1.19 bits per heavy atom. The van der Waals surface area contributed by atoms with E-state index in [1.54, 1.807) is 4.90 Å². The minimum atomic E-state index is -0.367. The highest BCUT2D eigenvalue weighted by molar-refractivity contribution is 5.83. The van der Waals surface area contributed by atoms with E-state index in [1.807, 2.05) is 11.0 Å². The van der Waals surface area contributed by atoms with Crippen LogP contribution in [0.3, 0.4) is 0 Å². The smallest absolute Gasteiger partial charge is 0.410 e. The van der Waals surface area contributed by atoms with Crippen LogP contribution in [0.25, 0.3) is 0 Å². The highest BCUT2D eigenvalue weighted by atomic mass is 16.6. The number of hydrogen-bond acceptors (Lipinski definition) is 4. The fourth-order valence-electron chi connectivity index (χ4n) is 3.77. The van der Waals surface area contributed by atoms with Gasteiger partial charge in [0.2, 0.25) is 5.91 Å². The van der Waals surface area contributed by atoms with Crippen molar-refractivity contribution in [1.29, 1.82) is 0 Å². The van der Waals surface area contributed by atoms with Gasteiger partial charge in [-0.15, -0.1) is 0 Å². The maximum Gasteiger partial charge on any atom is 0.410 e. The van der Waals surface area contributed by atoms with Crippen molar-refractivity contribution in [3.05, 3.63) is 29.8 Å².